The van der Waals surface area contributed by atoms with Crippen LogP contribution < -0.4 is 0 Å². The Morgan fingerprint density at radius 1 is 1.45 bits per heavy atom. The normalized spacial score (nSPS) is 11.6. The molecule has 0 saturated carbocycles. The van der Waals surface area contributed by atoms with Gasteiger partial charge in [0.1, 0.15) is 0 Å². The number of alkyl halides is 1. The van der Waals surface area contributed by atoms with Crippen molar-refractivity contribution in [2.45, 2.75) is 0 Å². The predicted molar refractivity (Wildman–Crippen MR) is 59.3 cm³/mol. The van der Waals surface area contributed by atoms with E-state index in [0.29, 0.717) is 9.54 Å². The maximum absolute atomic E-state index is 10.8. The van der Waals surface area contributed by atoms with Crippen molar-refractivity contribution in [1.29, 1.82) is 0 Å². The Morgan fingerprint density at radius 2 is 2.00 bits per heavy atom. The van der Waals surface area contributed by atoms with Crippen LogP contribution in [0.15, 0.2) is 0 Å². The summed E-state index contributed by atoms with van der Waals surface area (Å²) in [5.41, 5.74) is 0. The van der Waals surface area contributed by atoms with Crippen molar-refractivity contribution in [3.05, 3.63) is 0 Å². The van der Waals surface area contributed by atoms with E-state index < -0.39 is 0 Å². The van der Waals surface area contributed by atoms with Gasteiger partial charge < -0.3 is 4.48 Å². The van der Waals surface area contributed by atoms with E-state index in [1.54, 1.807) is 0 Å². The minimum absolute atomic E-state index is 0.291. The maximum Gasteiger partial charge on any atom is 0.198 e. The van der Waals surface area contributed by atoms with Gasteiger partial charge in [0.25, 0.3) is 0 Å². The molecule has 0 saturated heterocycles. The van der Waals surface area contributed by atoms with Crippen LogP contribution in [0.25, 0.3) is 0 Å². The molecule has 0 aliphatic rings. The number of thioether (sulfide) groups is 1. The first kappa shape index (κ1) is 11.7. The van der Waals surface area contributed by atoms with E-state index in [4.69, 9.17) is 0 Å². The van der Waals surface area contributed by atoms with Crippen molar-refractivity contribution in [3.63, 3.8) is 0 Å². The Morgan fingerprint density at radius 3 is 2.36 bits per heavy atom. The zero-order chi connectivity index (χ0) is 8.91. The summed E-state index contributed by atoms with van der Waals surface area (Å²) >= 11 is 3.54. The molecule has 11 heavy (non-hydrogen) atoms. The fourth-order valence-electron chi connectivity index (χ4n) is 0.472. The number of carbonyl (C=O) groups excluding carboxylic acids is 1. The Bertz CT molecular complexity index is 133. The summed E-state index contributed by atoms with van der Waals surface area (Å²) in [6.07, 6.45) is 0. The van der Waals surface area contributed by atoms with Crippen LogP contribution in [0.1, 0.15) is 0 Å². The SMILES string of the molecule is C[N+](C)(C)CCSC(=O)CI. The lowest BCUT2D eigenvalue weighted by Gasteiger charge is -2.23. The average Bonchev–Trinajstić information content (AvgIpc) is 1.85. The minimum atomic E-state index is 0.291. The summed E-state index contributed by atoms with van der Waals surface area (Å²) in [5.74, 6) is 0.936. The summed E-state index contributed by atoms with van der Waals surface area (Å²) < 4.78 is 1.56. The average molecular weight is 288 g/mol. The Balaban J connectivity index is 3.35. The quantitative estimate of drug-likeness (QED) is 0.442. The van der Waals surface area contributed by atoms with Gasteiger partial charge >= 0.3 is 0 Å². The van der Waals surface area contributed by atoms with Gasteiger partial charge in [0.2, 0.25) is 0 Å². The molecule has 0 aliphatic heterocycles. The van der Waals surface area contributed by atoms with Gasteiger partial charge in [-0.25, -0.2) is 0 Å². The number of hydrogen-bond acceptors (Lipinski definition) is 2. The Hall–Kier alpha value is 0.710. The van der Waals surface area contributed by atoms with Crippen LogP contribution in [0.3, 0.4) is 0 Å². The first-order valence-electron chi connectivity index (χ1n) is 3.48. The first-order valence-corrected chi connectivity index (χ1v) is 5.99. The van der Waals surface area contributed by atoms with Crippen molar-refractivity contribution in [2.75, 3.05) is 37.9 Å². The molecule has 0 aromatic carbocycles. The van der Waals surface area contributed by atoms with Crippen LogP contribution in [-0.2, 0) is 4.79 Å². The monoisotopic (exact) mass is 288 g/mol. The molecule has 0 N–H and O–H groups in total. The summed E-state index contributed by atoms with van der Waals surface area (Å²) in [6.45, 7) is 1.05. The number of hydrogen-bond donors (Lipinski definition) is 0. The van der Waals surface area contributed by atoms with Gasteiger partial charge in [-0.2, -0.15) is 0 Å². The second-order valence-corrected chi connectivity index (χ2v) is 5.28. The third-order valence-corrected chi connectivity index (χ3v) is 3.20. The van der Waals surface area contributed by atoms with Crippen molar-refractivity contribution in [2.24, 2.45) is 0 Å². The van der Waals surface area contributed by atoms with Crippen molar-refractivity contribution < 1.29 is 9.28 Å². The third kappa shape index (κ3) is 8.62. The number of carbonyl (C=O) groups is 1. The molecule has 4 heteroatoms. The number of nitrogens with zero attached hydrogens (tertiary/aromatic N) is 1. The molecule has 0 fully saturated rings. The highest BCUT2D eigenvalue weighted by Crippen LogP contribution is 2.05. The lowest BCUT2D eigenvalue weighted by Crippen LogP contribution is -2.36. The summed E-state index contributed by atoms with van der Waals surface area (Å²) in [5, 5.41) is 0.291. The molecule has 0 spiro atoms. The molecule has 0 aromatic rings. The van der Waals surface area contributed by atoms with Gasteiger partial charge in [0.15, 0.2) is 5.12 Å². The highest BCUT2D eigenvalue weighted by Gasteiger charge is 2.07. The van der Waals surface area contributed by atoms with Gasteiger partial charge in [-0.15, -0.1) is 0 Å². The molecule has 0 amide bonds. The Labute approximate surface area is 86.4 Å². The van der Waals surface area contributed by atoms with Crippen LogP contribution in [0.2, 0.25) is 0 Å². The Kier molecular flexibility index (Phi) is 5.72. The van der Waals surface area contributed by atoms with Gasteiger partial charge in [0, 0.05) is 0 Å². The van der Waals surface area contributed by atoms with Crippen molar-refractivity contribution in [1.82, 2.24) is 0 Å². The van der Waals surface area contributed by atoms with Gasteiger partial charge in [-0.1, -0.05) is 34.4 Å². The second-order valence-electron chi connectivity index (χ2n) is 3.37. The minimum Gasteiger partial charge on any atom is -0.330 e. The second kappa shape index (κ2) is 5.37. The van der Waals surface area contributed by atoms with E-state index in [1.165, 1.54) is 11.8 Å². The molecular weight excluding hydrogens is 273 g/mol. The lowest BCUT2D eigenvalue weighted by molar-refractivity contribution is -0.867. The van der Waals surface area contributed by atoms with Crippen molar-refractivity contribution in [3.8, 4) is 0 Å². The molecule has 0 unspecified atom stereocenters. The summed E-state index contributed by atoms with van der Waals surface area (Å²) in [7, 11) is 6.40. The van der Waals surface area contributed by atoms with E-state index in [-0.39, 0.29) is 0 Å². The van der Waals surface area contributed by atoms with Crippen LogP contribution in [0.4, 0.5) is 0 Å². The highest BCUT2D eigenvalue weighted by molar-refractivity contribution is 14.1. The van der Waals surface area contributed by atoms with E-state index in [0.717, 1.165) is 16.8 Å². The number of rotatable bonds is 4. The molecule has 0 aromatic heterocycles. The zero-order valence-electron chi connectivity index (χ0n) is 7.26. The molecule has 0 atom stereocenters. The van der Waals surface area contributed by atoms with E-state index in [2.05, 4.69) is 43.7 Å². The molecule has 0 heterocycles. The van der Waals surface area contributed by atoms with Gasteiger partial charge in [0.05, 0.1) is 37.9 Å². The standard InChI is InChI=1S/C7H15INOS/c1-9(2,3)4-5-11-7(10)6-8/h4-6H2,1-3H3/q+1. The molecule has 0 rings (SSSR count). The number of halogens is 1. The highest BCUT2D eigenvalue weighted by atomic mass is 127. The van der Waals surface area contributed by atoms with E-state index in [9.17, 15) is 4.79 Å². The first-order chi connectivity index (χ1) is 4.95. The van der Waals surface area contributed by atoms with Crippen LogP contribution in [0, 0.1) is 0 Å². The maximum atomic E-state index is 10.8. The van der Waals surface area contributed by atoms with Gasteiger partial charge in [-0.05, 0) is 0 Å². The summed E-state index contributed by atoms with van der Waals surface area (Å²) in [4.78, 5) is 10.8. The molecule has 0 bridgehead atoms. The topological polar surface area (TPSA) is 17.1 Å². The molecule has 0 radical (unpaired) electrons. The molecule has 66 valence electrons. The van der Waals surface area contributed by atoms with E-state index >= 15 is 0 Å². The molecule has 2 nitrogen and oxygen atoms in total. The number of quaternary nitrogens is 1. The van der Waals surface area contributed by atoms with Gasteiger partial charge in [-0.3, -0.25) is 4.79 Å². The van der Waals surface area contributed by atoms with Crippen LogP contribution in [-0.4, -0.2) is 47.5 Å². The molecular formula is C7H15INOS+. The lowest BCUT2D eigenvalue weighted by atomic mass is 10.6. The largest absolute Gasteiger partial charge is 0.330 e. The van der Waals surface area contributed by atoms with Crippen LogP contribution >= 0.6 is 34.4 Å². The predicted octanol–water partition coefficient (Wildman–Crippen LogP) is 1.39. The zero-order valence-corrected chi connectivity index (χ0v) is 10.2. The third-order valence-electron chi connectivity index (χ3n) is 1.13. The fraction of sp³-hybridized carbons (Fsp3) is 0.857. The van der Waals surface area contributed by atoms with Crippen LogP contribution in [0.5, 0.6) is 0 Å². The fourth-order valence-corrected chi connectivity index (χ4v) is 2.08. The summed E-state index contributed by atoms with van der Waals surface area (Å²) in [6, 6.07) is 0. The smallest absolute Gasteiger partial charge is 0.198 e. The van der Waals surface area contributed by atoms with E-state index in [1.807, 2.05) is 0 Å². The van der Waals surface area contributed by atoms with Crippen molar-refractivity contribution >= 4 is 39.5 Å². The molecule has 0 aliphatic carbocycles.